The summed E-state index contributed by atoms with van der Waals surface area (Å²) >= 11 is 0. The molecule has 0 saturated carbocycles. The predicted molar refractivity (Wildman–Crippen MR) is 330 cm³/mol. The second-order valence-electron chi connectivity index (χ2n) is 21.6. The van der Waals surface area contributed by atoms with Crippen molar-refractivity contribution in [3.8, 4) is 0 Å². The lowest BCUT2D eigenvalue weighted by Crippen LogP contribution is -2.67. The molecule has 33 nitrogen and oxygen atoms in total. The van der Waals surface area contributed by atoms with E-state index in [9.17, 15) is 47.9 Å². The van der Waals surface area contributed by atoms with E-state index in [1.165, 1.54) is 93.3 Å². The van der Waals surface area contributed by atoms with Crippen LogP contribution in [0.25, 0.3) is 0 Å². The van der Waals surface area contributed by atoms with Crippen molar-refractivity contribution in [3.63, 3.8) is 0 Å². The number of nitrogens with zero attached hydrogens (tertiary/aromatic N) is 12. The molecule has 10 amide bonds. The van der Waals surface area contributed by atoms with Gasteiger partial charge in [0.2, 0.25) is 17.6 Å². The molecule has 0 radical (unpaired) electrons. The lowest BCUT2D eigenvalue weighted by molar-refractivity contribution is -0.403. The van der Waals surface area contributed by atoms with Gasteiger partial charge in [-0.3, -0.25) is 47.9 Å². The summed E-state index contributed by atoms with van der Waals surface area (Å²) in [6.45, 7) is 1.56. The second kappa shape index (κ2) is 28.0. The van der Waals surface area contributed by atoms with E-state index in [0.717, 1.165) is 13.0 Å². The third-order valence-corrected chi connectivity index (χ3v) is 14.0. The normalized spacial score (nSPS) is 11.4. The summed E-state index contributed by atoms with van der Waals surface area (Å²) in [5.74, 6) is -4.69. The third kappa shape index (κ3) is 16.0. The van der Waals surface area contributed by atoms with Crippen molar-refractivity contribution >= 4 is 99.1 Å². The van der Waals surface area contributed by atoms with Crippen molar-refractivity contribution in [2.75, 3.05) is 77.5 Å². The fraction of sp³-hybridized carbons (Fsp3) is 0.316. The molecule has 474 valence electrons. The smallest absolute Gasteiger partial charge is 0.292 e. The number of imidazole rings is 3. The van der Waals surface area contributed by atoms with Gasteiger partial charge in [0.05, 0.1) is 28.4 Å². The fourth-order valence-electron chi connectivity index (χ4n) is 9.39. The number of aryl methyl sites for hydroxylation is 8. The van der Waals surface area contributed by atoms with Crippen molar-refractivity contribution in [3.05, 3.63) is 132 Å². The molecule has 8 aromatic rings. The molecule has 0 aliphatic carbocycles. The topological polar surface area (TPSA) is 400 Å². The molecule has 0 spiro atoms. The van der Waals surface area contributed by atoms with Crippen molar-refractivity contribution in [2.24, 2.45) is 56.4 Å². The summed E-state index contributed by atoms with van der Waals surface area (Å²) < 4.78 is 12.0. The molecule has 8 aromatic heterocycles. The first-order valence-electron chi connectivity index (χ1n) is 28.1. The van der Waals surface area contributed by atoms with Crippen LogP contribution >= 0.6 is 0 Å². The molecule has 0 aliphatic rings. The highest BCUT2D eigenvalue weighted by Gasteiger charge is 2.25. The number of anilines is 7. The summed E-state index contributed by atoms with van der Waals surface area (Å²) in [7, 11) is 16.8. The Morgan fingerprint density at radius 1 is 0.433 bits per heavy atom. The van der Waals surface area contributed by atoms with Gasteiger partial charge in [0, 0.05) is 145 Å². The molecular weight excluding hydrogens is 1170 g/mol. The Balaban J connectivity index is 0.758. The van der Waals surface area contributed by atoms with Gasteiger partial charge in [-0.25, -0.2) is 15.0 Å². The SMILES string of the molecule is CN(C)CCCNC(=O)CCNC(=O)c1cc(NC(=O)c2cc(NC(=O)c3cc(NC(=O)c4nc(NC(=O)[C@@H]([NH3+])CCNC(=O)c5cc(NC(=O)c6cc(NC(=O)c7nc(NC(=O)c8nccn8C)cn7C)cn6C)cn5C)cn4C)cn3C)cn2C)cn1C. The number of rotatable bonds is 26. The summed E-state index contributed by atoms with van der Waals surface area (Å²) in [5.41, 5.74) is 6.44. The number of carbonyl (C=O) groups excluding carboxylic acids is 10. The van der Waals surface area contributed by atoms with Crippen LogP contribution < -0.4 is 58.9 Å². The molecule has 8 rings (SSSR count). The number of quaternary nitrogens is 1. The van der Waals surface area contributed by atoms with Crippen LogP contribution in [0.2, 0.25) is 0 Å². The number of aromatic nitrogens is 11. The Morgan fingerprint density at radius 3 is 1.21 bits per heavy atom. The molecule has 0 aromatic carbocycles. The molecule has 8 heterocycles. The van der Waals surface area contributed by atoms with Crippen LogP contribution in [0, 0.1) is 0 Å². The van der Waals surface area contributed by atoms with E-state index in [0.29, 0.717) is 29.3 Å². The quantitative estimate of drug-likeness (QED) is 0.0332. The monoisotopic (exact) mass is 1240 g/mol. The van der Waals surface area contributed by atoms with Crippen molar-refractivity contribution in [1.82, 2.24) is 72.3 Å². The molecule has 0 fully saturated rings. The first-order chi connectivity index (χ1) is 42.7. The van der Waals surface area contributed by atoms with Gasteiger partial charge in [-0.2, -0.15) is 0 Å². The third-order valence-electron chi connectivity index (χ3n) is 14.0. The average molecular weight is 1240 g/mol. The first-order valence-corrected chi connectivity index (χ1v) is 28.1. The Labute approximate surface area is 514 Å². The van der Waals surface area contributed by atoms with E-state index in [1.807, 2.05) is 19.0 Å². The molecule has 0 unspecified atom stereocenters. The van der Waals surface area contributed by atoms with Crippen LogP contribution in [0.5, 0.6) is 0 Å². The van der Waals surface area contributed by atoms with Gasteiger partial charge in [-0.15, -0.1) is 0 Å². The fourth-order valence-corrected chi connectivity index (χ4v) is 9.39. The Bertz CT molecular complexity index is 4060. The van der Waals surface area contributed by atoms with E-state index >= 15 is 0 Å². The average Bonchev–Trinajstić information content (AvgIpc) is 2.82. The molecule has 90 heavy (non-hydrogen) atoms. The van der Waals surface area contributed by atoms with Gasteiger partial charge in [0.1, 0.15) is 28.5 Å². The van der Waals surface area contributed by atoms with Crippen LogP contribution in [-0.4, -0.2) is 162 Å². The maximum absolute atomic E-state index is 13.5. The van der Waals surface area contributed by atoms with Gasteiger partial charge in [-0.1, -0.05) is 0 Å². The summed E-state index contributed by atoms with van der Waals surface area (Å²) in [6, 6.07) is 6.52. The summed E-state index contributed by atoms with van der Waals surface area (Å²) in [6.07, 6.45) is 14.8. The lowest BCUT2D eigenvalue weighted by Gasteiger charge is -2.10. The van der Waals surface area contributed by atoms with Gasteiger partial charge < -0.3 is 100 Å². The molecule has 13 N–H and O–H groups in total. The molecule has 1 atom stereocenters. The highest BCUT2D eigenvalue weighted by Crippen LogP contribution is 2.23. The lowest BCUT2D eigenvalue weighted by atomic mass is 10.2. The van der Waals surface area contributed by atoms with Crippen LogP contribution in [-0.2, 0) is 66.0 Å². The highest BCUT2D eigenvalue weighted by atomic mass is 16.2. The maximum Gasteiger partial charge on any atom is 0.292 e. The highest BCUT2D eigenvalue weighted by molar-refractivity contribution is 6.10. The molecular formula is C57H72N23O10+. The number of nitrogens with one attached hydrogen (secondary N) is 10. The Hall–Kier alpha value is -11.4. The zero-order chi connectivity index (χ0) is 65.2. The van der Waals surface area contributed by atoms with Crippen molar-refractivity contribution in [2.45, 2.75) is 25.3 Å². The standard InChI is InChI=1S/C57H71N23O10/c1-72(2)18-11-14-59-45(81)13-16-62-51(84)39-21-33(26-75(39)5)63-52(85)40-22-34(27-76(40)6)65-54(87)42-24-35(28-78(42)8)66-56(89)47-68-43(30-79(47)9)70-49(82)37(58)12-15-61-50(83)38-20-32(25-74(38)4)64-53(86)41-23-36(29-77(41)7)67-57(90)48-69-44(31-80(48)10)71-55(88)46-60-17-19-73(46)3/h17,19-31,37H,11-16,18,58H2,1-10H3,(H,59,81)(H,61,83)(H,62,84)(H,63,85)(H,64,86)(H,65,87)(H,66,89)(H,67,90)(H,70,82)(H,71,88)/p+1/t37-/m0/s1. The predicted octanol–water partition coefficient (Wildman–Crippen LogP) is 0.650. The first kappa shape index (κ1) is 64.6. The van der Waals surface area contributed by atoms with Crippen LogP contribution in [0.4, 0.5) is 40.1 Å². The zero-order valence-electron chi connectivity index (χ0n) is 51.3. The number of hydrogen-bond acceptors (Lipinski definition) is 14. The van der Waals surface area contributed by atoms with E-state index < -0.39 is 59.2 Å². The van der Waals surface area contributed by atoms with Crippen LogP contribution in [0.3, 0.4) is 0 Å². The van der Waals surface area contributed by atoms with Gasteiger partial charge in [0.25, 0.3) is 53.2 Å². The zero-order valence-corrected chi connectivity index (χ0v) is 51.3. The Morgan fingerprint density at radius 2 is 0.811 bits per heavy atom. The minimum atomic E-state index is -0.862. The number of hydrogen-bond donors (Lipinski definition) is 11. The molecule has 0 bridgehead atoms. The largest absolute Gasteiger partial charge is 0.356 e. The minimum absolute atomic E-state index is 0.0102. The molecule has 0 aliphatic heterocycles. The second-order valence-corrected chi connectivity index (χ2v) is 21.6. The van der Waals surface area contributed by atoms with E-state index in [4.69, 9.17) is 0 Å². The van der Waals surface area contributed by atoms with Crippen LogP contribution in [0.15, 0.2) is 86.1 Å². The molecule has 33 heteroatoms. The minimum Gasteiger partial charge on any atom is -0.356 e. The number of amides is 10. The van der Waals surface area contributed by atoms with Crippen molar-refractivity contribution < 1.29 is 53.7 Å². The Kier molecular flexibility index (Phi) is 20.1. The number of carbonyl (C=O) groups is 10. The summed E-state index contributed by atoms with van der Waals surface area (Å²) in [5, 5.41) is 27.3. The van der Waals surface area contributed by atoms with Gasteiger partial charge >= 0.3 is 0 Å². The van der Waals surface area contributed by atoms with E-state index in [2.05, 4.69) is 73.9 Å². The van der Waals surface area contributed by atoms with Gasteiger partial charge in [-0.05, 0) is 57.4 Å². The van der Waals surface area contributed by atoms with Crippen LogP contribution in [0.1, 0.15) is 104 Å². The maximum atomic E-state index is 13.5. The van der Waals surface area contributed by atoms with Gasteiger partial charge in [0.15, 0.2) is 23.5 Å². The summed E-state index contributed by atoms with van der Waals surface area (Å²) in [4.78, 5) is 146. The van der Waals surface area contributed by atoms with Crippen molar-refractivity contribution in [1.29, 1.82) is 0 Å². The van der Waals surface area contributed by atoms with E-state index in [1.54, 1.807) is 85.7 Å². The molecule has 0 saturated heterocycles. The van der Waals surface area contributed by atoms with E-state index in [-0.39, 0.29) is 95.1 Å².